The number of aliphatic hydroxyl groups is 1. The first kappa shape index (κ1) is 12.5. The number of carbonyl (C=O) groups excluding carboxylic acids is 1. The molecule has 0 heterocycles. The molecule has 0 amide bonds. The number of ether oxygens (including phenoxy) is 1. The minimum atomic E-state index is -0.450. The molecule has 1 rings (SSSR count). The van der Waals surface area contributed by atoms with E-state index in [1.807, 2.05) is 30.3 Å². The molecule has 86 valence electrons. The van der Waals surface area contributed by atoms with Crippen molar-refractivity contribution < 1.29 is 14.6 Å². The Hall–Kier alpha value is -1.61. The third-order valence-corrected chi connectivity index (χ3v) is 2.05. The Morgan fingerprint density at radius 3 is 2.75 bits per heavy atom. The van der Waals surface area contributed by atoms with Crippen LogP contribution >= 0.6 is 0 Å². The van der Waals surface area contributed by atoms with E-state index in [0.29, 0.717) is 12.8 Å². The molecule has 0 fully saturated rings. The van der Waals surface area contributed by atoms with Crippen molar-refractivity contribution in [1.82, 2.24) is 0 Å². The molecule has 0 aliphatic rings. The first-order chi connectivity index (χ1) is 7.68. The molecule has 1 aromatic rings. The summed E-state index contributed by atoms with van der Waals surface area (Å²) >= 11 is 0. The van der Waals surface area contributed by atoms with Crippen molar-refractivity contribution in [3.05, 3.63) is 48.2 Å². The minimum absolute atomic E-state index is 0.353. The SMILES string of the molecule is CC(=O)O/C=C\CC(O)Cc1ccccc1. The predicted molar refractivity (Wildman–Crippen MR) is 61.7 cm³/mol. The molecule has 1 unspecified atom stereocenters. The molecule has 0 aromatic heterocycles. The lowest BCUT2D eigenvalue weighted by molar-refractivity contribution is -0.135. The number of hydrogen-bond acceptors (Lipinski definition) is 3. The summed E-state index contributed by atoms with van der Waals surface area (Å²) in [7, 11) is 0. The van der Waals surface area contributed by atoms with Crippen molar-refractivity contribution in [2.24, 2.45) is 0 Å². The fourth-order valence-electron chi connectivity index (χ4n) is 1.33. The second-order valence-corrected chi connectivity index (χ2v) is 3.56. The molecule has 1 N–H and O–H groups in total. The molecule has 0 aliphatic carbocycles. The van der Waals surface area contributed by atoms with Crippen LogP contribution in [0.5, 0.6) is 0 Å². The van der Waals surface area contributed by atoms with Crippen LogP contribution in [0.2, 0.25) is 0 Å². The van der Waals surface area contributed by atoms with Crippen molar-refractivity contribution in [3.63, 3.8) is 0 Å². The number of carbonyl (C=O) groups is 1. The van der Waals surface area contributed by atoms with E-state index in [1.165, 1.54) is 13.2 Å². The lowest BCUT2D eigenvalue weighted by atomic mass is 10.1. The van der Waals surface area contributed by atoms with Gasteiger partial charge in [0.15, 0.2) is 0 Å². The van der Waals surface area contributed by atoms with Gasteiger partial charge in [0.2, 0.25) is 0 Å². The van der Waals surface area contributed by atoms with Crippen molar-refractivity contribution in [3.8, 4) is 0 Å². The summed E-state index contributed by atoms with van der Waals surface area (Å²) < 4.78 is 4.61. The number of benzene rings is 1. The summed E-state index contributed by atoms with van der Waals surface area (Å²) in [4.78, 5) is 10.4. The Balaban J connectivity index is 2.28. The zero-order chi connectivity index (χ0) is 11.8. The van der Waals surface area contributed by atoms with E-state index >= 15 is 0 Å². The van der Waals surface area contributed by atoms with Crippen LogP contribution in [0.4, 0.5) is 0 Å². The van der Waals surface area contributed by atoms with E-state index < -0.39 is 6.10 Å². The molecule has 1 atom stereocenters. The first-order valence-corrected chi connectivity index (χ1v) is 5.22. The van der Waals surface area contributed by atoms with E-state index in [1.54, 1.807) is 6.08 Å². The quantitative estimate of drug-likeness (QED) is 0.610. The highest BCUT2D eigenvalue weighted by molar-refractivity contribution is 5.66. The summed E-state index contributed by atoms with van der Waals surface area (Å²) in [5.41, 5.74) is 1.09. The summed E-state index contributed by atoms with van der Waals surface area (Å²) in [6.07, 6.45) is 3.59. The van der Waals surface area contributed by atoms with E-state index in [0.717, 1.165) is 5.56 Å². The van der Waals surface area contributed by atoms with Crippen molar-refractivity contribution in [2.75, 3.05) is 0 Å². The summed E-state index contributed by atoms with van der Waals surface area (Å²) in [6.45, 7) is 1.34. The van der Waals surface area contributed by atoms with Gasteiger partial charge in [-0.05, 0) is 24.5 Å². The molecule has 0 bridgehead atoms. The average Bonchev–Trinajstić information content (AvgIpc) is 2.25. The van der Waals surface area contributed by atoms with Gasteiger partial charge in [-0.2, -0.15) is 0 Å². The molecular weight excluding hydrogens is 204 g/mol. The van der Waals surface area contributed by atoms with Crippen LogP contribution in [0.25, 0.3) is 0 Å². The molecule has 0 spiro atoms. The van der Waals surface area contributed by atoms with Crippen LogP contribution in [0, 0.1) is 0 Å². The molecule has 3 heteroatoms. The van der Waals surface area contributed by atoms with Crippen molar-refractivity contribution in [2.45, 2.75) is 25.9 Å². The minimum Gasteiger partial charge on any atom is -0.435 e. The van der Waals surface area contributed by atoms with E-state index in [4.69, 9.17) is 0 Å². The normalized spacial score (nSPS) is 12.6. The zero-order valence-corrected chi connectivity index (χ0v) is 9.30. The number of rotatable bonds is 5. The van der Waals surface area contributed by atoms with Crippen LogP contribution in [0.3, 0.4) is 0 Å². The smallest absolute Gasteiger partial charge is 0.307 e. The van der Waals surface area contributed by atoms with Gasteiger partial charge in [-0.25, -0.2) is 0 Å². The van der Waals surface area contributed by atoms with E-state index in [2.05, 4.69) is 4.74 Å². The van der Waals surface area contributed by atoms with E-state index in [-0.39, 0.29) is 5.97 Å². The number of esters is 1. The fraction of sp³-hybridized carbons (Fsp3) is 0.308. The van der Waals surface area contributed by atoms with Crippen molar-refractivity contribution in [1.29, 1.82) is 0 Å². The van der Waals surface area contributed by atoms with E-state index in [9.17, 15) is 9.90 Å². The summed E-state index contributed by atoms with van der Waals surface area (Å²) in [5.74, 6) is -0.353. The van der Waals surface area contributed by atoms with Crippen LogP contribution in [0.15, 0.2) is 42.7 Å². The molecule has 0 radical (unpaired) electrons. The Morgan fingerprint density at radius 2 is 2.12 bits per heavy atom. The maximum Gasteiger partial charge on any atom is 0.307 e. The Morgan fingerprint density at radius 1 is 1.44 bits per heavy atom. The van der Waals surface area contributed by atoms with Gasteiger partial charge in [0, 0.05) is 6.92 Å². The van der Waals surface area contributed by atoms with Gasteiger partial charge in [-0.1, -0.05) is 30.3 Å². The monoisotopic (exact) mass is 220 g/mol. The number of hydrogen-bond donors (Lipinski definition) is 1. The van der Waals surface area contributed by atoms with Gasteiger partial charge in [0.25, 0.3) is 0 Å². The standard InChI is InChI=1S/C13H16O3/c1-11(14)16-9-5-8-13(15)10-12-6-3-2-4-7-12/h2-7,9,13,15H,8,10H2,1H3/b9-5-. The summed E-state index contributed by atoms with van der Waals surface area (Å²) in [5, 5.41) is 9.68. The molecular formula is C13H16O3. The fourth-order valence-corrected chi connectivity index (χ4v) is 1.33. The molecule has 16 heavy (non-hydrogen) atoms. The second kappa shape index (κ2) is 6.80. The molecule has 3 nitrogen and oxygen atoms in total. The van der Waals surface area contributed by atoms with Crippen molar-refractivity contribution >= 4 is 5.97 Å². The van der Waals surface area contributed by atoms with Gasteiger partial charge in [0.05, 0.1) is 12.4 Å². The highest BCUT2D eigenvalue weighted by Gasteiger charge is 2.02. The largest absolute Gasteiger partial charge is 0.435 e. The average molecular weight is 220 g/mol. The van der Waals surface area contributed by atoms with Gasteiger partial charge in [0.1, 0.15) is 0 Å². The summed E-state index contributed by atoms with van der Waals surface area (Å²) in [6, 6.07) is 9.77. The third kappa shape index (κ3) is 5.32. The Bertz CT molecular complexity index is 343. The van der Waals surface area contributed by atoms with Gasteiger partial charge < -0.3 is 9.84 Å². The molecule has 0 saturated carbocycles. The number of aliphatic hydroxyl groups excluding tert-OH is 1. The molecule has 0 aliphatic heterocycles. The van der Waals surface area contributed by atoms with Gasteiger partial charge in [-0.15, -0.1) is 0 Å². The highest BCUT2D eigenvalue weighted by Crippen LogP contribution is 2.06. The van der Waals surface area contributed by atoms with Crippen LogP contribution in [0.1, 0.15) is 18.9 Å². The Kier molecular flexibility index (Phi) is 5.29. The molecule has 1 aromatic carbocycles. The van der Waals surface area contributed by atoms with Gasteiger partial charge >= 0.3 is 5.97 Å². The maximum atomic E-state index is 10.4. The van der Waals surface area contributed by atoms with Gasteiger partial charge in [-0.3, -0.25) is 4.79 Å². The lowest BCUT2D eigenvalue weighted by Crippen LogP contribution is -2.08. The van der Waals surface area contributed by atoms with Crippen LogP contribution in [-0.2, 0) is 16.0 Å². The topological polar surface area (TPSA) is 46.5 Å². The Labute approximate surface area is 95.4 Å². The highest BCUT2D eigenvalue weighted by atomic mass is 16.5. The zero-order valence-electron chi connectivity index (χ0n) is 9.30. The van der Waals surface area contributed by atoms with Crippen LogP contribution < -0.4 is 0 Å². The predicted octanol–water partition coefficient (Wildman–Crippen LogP) is 2.06. The third-order valence-electron chi connectivity index (χ3n) is 2.05. The lowest BCUT2D eigenvalue weighted by Gasteiger charge is -2.07. The maximum absolute atomic E-state index is 10.4. The first-order valence-electron chi connectivity index (χ1n) is 5.22. The van der Waals surface area contributed by atoms with Crippen LogP contribution in [-0.4, -0.2) is 17.2 Å². The second-order valence-electron chi connectivity index (χ2n) is 3.56. The molecule has 0 saturated heterocycles.